The normalized spacial score (nSPS) is 9.83. The van der Waals surface area contributed by atoms with E-state index < -0.39 is 7.05 Å². The van der Waals surface area contributed by atoms with Crippen LogP contribution in [-0.4, -0.2) is 20.0 Å². The standard InChI is InChI=1S/C3H9NP.Y/c1-5(2,3)4;/h1-3H3;/q-1;+3. The van der Waals surface area contributed by atoms with E-state index in [4.69, 9.17) is 5.16 Å². The van der Waals surface area contributed by atoms with E-state index >= 15 is 0 Å². The van der Waals surface area contributed by atoms with Gasteiger partial charge in [-0.2, -0.15) is 0 Å². The Morgan fingerprint density at radius 3 is 1.17 bits per heavy atom. The van der Waals surface area contributed by atoms with Crippen molar-refractivity contribution >= 4 is 7.05 Å². The van der Waals surface area contributed by atoms with Crippen LogP contribution in [0.2, 0.25) is 0 Å². The Morgan fingerprint density at radius 2 is 1.17 bits per heavy atom. The molecule has 0 aromatic carbocycles. The summed E-state index contributed by atoms with van der Waals surface area (Å²) in [6, 6.07) is 0. The van der Waals surface area contributed by atoms with Crippen molar-refractivity contribution in [2.45, 2.75) is 0 Å². The van der Waals surface area contributed by atoms with Crippen molar-refractivity contribution in [1.82, 2.24) is 0 Å². The first-order valence-corrected chi connectivity index (χ1v) is 4.62. The minimum atomic E-state index is -1.39. The summed E-state index contributed by atoms with van der Waals surface area (Å²) in [4.78, 5) is 0. The summed E-state index contributed by atoms with van der Waals surface area (Å²) in [7, 11) is -1.39. The van der Waals surface area contributed by atoms with Crippen LogP contribution in [0, 0.1) is 0 Å². The summed E-state index contributed by atoms with van der Waals surface area (Å²) < 4.78 is 0. The number of hydrogen-bond acceptors (Lipinski definition) is 0. The molecule has 0 amide bonds. The van der Waals surface area contributed by atoms with E-state index in [0.717, 1.165) is 0 Å². The third-order valence-corrected chi connectivity index (χ3v) is 0. The van der Waals surface area contributed by atoms with Crippen LogP contribution in [0.4, 0.5) is 0 Å². The molecule has 0 saturated heterocycles. The second-order valence-electron chi connectivity index (χ2n) is 1.94. The predicted molar refractivity (Wildman–Crippen MR) is 28.1 cm³/mol. The molecule has 0 atom stereocenters. The third-order valence-electron chi connectivity index (χ3n) is 0. The zero-order chi connectivity index (χ0) is 4.50. The molecule has 0 N–H and O–H groups in total. The van der Waals surface area contributed by atoms with Crippen LogP contribution in [0.25, 0.3) is 5.16 Å². The van der Waals surface area contributed by atoms with Gasteiger partial charge in [0, 0.05) is 0 Å². The Labute approximate surface area is 64.6 Å². The molecule has 0 bridgehead atoms. The van der Waals surface area contributed by atoms with E-state index in [1.54, 1.807) is 0 Å². The molecule has 0 aliphatic heterocycles. The molecule has 6 heavy (non-hydrogen) atoms. The van der Waals surface area contributed by atoms with Gasteiger partial charge in [0.1, 0.15) is 0 Å². The van der Waals surface area contributed by atoms with Crippen LogP contribution in [0.5, 0.6) is 0 Å². The van der Waals surface area contributed by atoms with Gasteiger partial charge in [-0.3, -0.25) is 0 Å². The molecular weight excluding hydrogens is 170 g/mol. The van der Waals surface area contributed by atoms with Gasteiger partial charge < -0.3 is 5.16 Å². The Kier molecular flexibility index (Phi) is 5.77. The maximum atomic E-state index is 8.63. The maximum absolute atomic E-state index is 8.63. The fourth-order valence-electron chi connectivity index (χ4n) is 0. The first kappa shape index (κ1) is 10.3. The second-order valence-corrected chi connectivity index (χ2v) is 5.82. The van der Waals surface area contributed by atoms with Crippen LogP contribution in [0.3, 0.4) is 0 Å². The van der Waals surface area contributed by atoms with Crippen LogP contribution in [0.15, 0.2) is 0 Å². The summed E-state index contributed by atoms with van der Waals surface area (Å²) in [5, 5.41) is 8.63. The van der Waals surface area contributed by atoms with Crippen molar-refractivity contribution in [3.8, 4) is 0 Å². The molecule has 0 aromatic heterocycles. The van der Waals surface area contributed by atoms with Crippen LogP contribution < -0.4 is 0 Å². The van der Waals surface area contributed by atoms with E-state index in [1.165, 1.54) is 0 Å². The fourth-order valence-corrected chi connectivity index (χ4v) is 0. The molecule has 0 rings (SSSR count). The first-order chi connectivity index (χ1) is 2.00. The fraction of sp³-hybridized carbons (Fsp3) is 1.00. The van der Waals surface area contributed by atoms with E-state index in [9.17, 15) is 0 Å². The average Bonchev–Trinajstić information content (AvgIpc) is 0.722. The molecule has 0 saturated carbocycles. The molecule has 0 heterocycles. The molecule has 0 aromatic rings. The first-order valence-electron chi connectivity index (χ1n) is 1.54. The van der Waals surface area contributed by atoms with Crippen molar-refractivity contribution < 1.29 is 32.7 Å². The van der Waals surface area contributed by atoms with E-state index in [0.29, 0.717) is 0 Å². The topological polar surface area (TPSA) is 22.3 Å². The van der Waals surface area contributed by atoms with Gasteiger partial charge in [-0.25, -0.2) is 7.05 Å². The van der Waals surface area contributed by atoms with Crippen molar-refractivity contribution in [1.29, 1.82) is 0 Å². The Bertz CT molecular complexity index is 56.9. The van der Waals surface area contributed by atoms with Gasteiger partial charge in [-0.1, -0.05) is 20.0 Å². The van der Waals surface area contributed by atoms with Gasteiger partial charge >= 0.3 is 32.7 Å². The minimum absolute atomic E-state index is 0. The van der Waals surface area contributed by atoms with Gasteiger partial charge in [-0.15, -0.1) is 0 Å². The third kappa shape index (κ3) is 56.3. The number of hydrogen-bond donors (Lipinski definition) is 0. The molecular formula is C3H9NPY+2. The summed E-state index contributed by atoms with van der Waals surface area (Å²) in [6.45, 7) is 5.56. The molecule has 3 heteroatoms. The SMILES string of the molecule is CP(C)(C)=[N-].[Y+3]. The van der Waals surface area contributed by atoms with Crippen LogP contribution >= 0.6 is 7.05 Å². The van der Waals surface area contributed by atoms with Gasteiger partial charge in [0.2, 0.25) is 0 Å². The summed E-state index contributed by atoms with van der Waals surface area (Å²) in [5.41, 5.74) is 0. The molecule has 0 fully saturated rings. The number of rotatable bonds is 0. The van der Waals surface area contributed by atoms with Crippen LogP contribution in [-0.2, 0) is 32.7 Å². The predicted octanol–water partition coefficient (Wildman–Crippen LogP) is 1.64. The van der Waals surface area contributed by atoms with Gasteiger partial charge in [0.25, 0.3) is 0 Å². The van der Waals surface area contributed by atoms with Crippen molar-refractivity contribution in [3.63, 3.8) is 0 Å². The smallest absolute Gasteiger partial charge is 0.809 e. The van der Waals surface area contributed by atoms with E-state index in [1.807, 2.05) is 20.0 Å². The van der Waals surface area contributed by atoms with Gasteiger partial charge in [0.15, 0.2) is 0 Å². The molecule has 0 aliphatic carbocycles. The van der Waals surface area contributed by atoms with Gasteiger partial charge in [-0.05, 0) is 0 Å². The average molecular weight is 179 g/mol. The summed E-state index contributed by atoms with van der Waals surface area (Å²) >= 11 is 0. The molecule has 0 aliphatic rings. The Morgan fingerprint density at radius 1 is 1.17 bits per heavy atom. The molecule has 0 radical (unpaired) electrons. The van der Waals surface area contributed by atoms with E-state index in [2.05, 4.69) is 0 Å². The Balaban J connectivity index is 0. The largest absolute Gasteiger partial charge is 3.00 e. The molecule has 0 spiro atoms. The zero-order valence-corrected chi connectivity index (χ0v) is 8.20. The second kappa shape index (κ2) is 3.35. The minimum Gasteiger partial charge on any atom is -0.809 e. The van der Waals surface area contributed by atoms with Crippen molar-refractivity contribution in [2.75, 3.05) is 20.0 Å². The maximum Gasteiger partial charge on any atom is 3.00 e. The summed E-state index contributed by atoms with van der Waals surface area (Å²) in [5.74, 6) is 0. The van der Waals surface area contributed by atoms with Crippen molar-refractivity contribution in [2.24, 2.45) is 0 Å². The van der Waals surface area contributed by atoms with Gasteiger partial charge in [0.05, 0.1) is 0 Å². The quantitative estimate of drug-likeness (QED) is 0.504. The molecule has 32 valence electrons. The summed E-state index contributed by atoms with van der Waals surface area (Å²) in [6.07, 6.45) is 0. The Hall–Kier alpha value is 1.33. The number of nitrogens with zero attached hydrogens (tertiary/aromatic N) is 1. The zero-order valence-electron chi connectivity index (χ0n) is 4.47. The molecule has 1 nitrogen and oxygen atoms in total. The van der Waals surface area contributed by atoms with Crippen LogP contribution in [0.1, 0.15) is 0 Å². The van der Waals surface area contributed by atoms with Crippen molar-refractivity contribution in [3.05, 3.63) is 5.16 Å². The molecule has 0 unspecified atom stereocenters. The van der Waals surface area contributed by atoms with E-state index in [-0.39, 0.29) is 32.7 Å². The monoisotopic (exact) mass is 179 g/mol.